The molecule has 2 N–H and O–H groups in total. The van der Waals surface area contributed by atoms with E-state index in [4.69, 9.17) is 5.73 Å². The molecule has 0 bridgehead atoms. The Kier molecular flexibility index (Phi) is 2.57. The fourth-order valence-corrected chi connectivity index (χ4v) is 1.08. The lowest BCUT2D eigenvalue weighted by Crippen LogP contribution is -2.02. The van der Waals surface area contributed by atoms with Gasteiger partial charge in [0.2, 0.25) is 0 Å². The summed E-state index contributed by atoms with van der Waals surface area (Å²) in [4.78, 5) is 9.77. The SMILES string of the molecule is Cc1cc(CN)c(F)cc1[N+](=O)[O-]. The second-order valence-corrected chi connectivity index (χ2v) is 2.69. The van der Waals surface area contributed by atoms with Crippen LogP contribution in [-0.4, -0.2) is 4.92 Å². The molecule has 0 spiro atoms. The minimum Gasteiger partial charge on any atom is -0.326 e. The van der Waals surface area contributed by atoms with Gasteiger partial charge in [0.15, 0.2) is 0 Å². The molecule has 0 fully saturated rings. The van der Waals surface area contributed by atoms with Crippen LogP contribution >= 0.6 is 0 Å². The molecule has 0 aliphatic heterocycles. The molecule has 0 saturated heterocycles. The number of rotatable bonds is 2. The van der Waals surface area contributed by atoms with E-state index in [2.05, 4.69) is 0 Å². The van der Waals surface area contributed by atoms with Crippen molar-refractivity contribution in [2.45, 2.75) is 13.5 Å². The number of nitro groups is 1. The fourth-order valence-electron chi connectivity index (χ4n) is 1.08. The minimum absolute atomic E-state index is 0.0463. The van der Waals surface area contributed by atoms with Crippen LogP contribution in [-0.2, 0) is 6.54 Å². The van der Waals surface area contributed by atoms with Gasteiger partial charge in [-0.3, -0.25) is 10.1 Å². The first-order chi connectivity index (χ1) is 6.06. The minimum atomic E-state index is -0.625. The van der Waals surface area contributed by atoms with Gasteiger partial charge in [0, 0.05) is 17.7 Å². The molecule has 70 valence electrons. The van der Waals surface area contributed by atoms with E-state index in [1.807, 2.05) is 0 Å². The van der Waals surface area contributed by atoms with Crippen molar-refractivity contribution >= 4 is 5.69 Å². The molecule has 0 heterocycles. The molecule has 0 unspecified atom stereocenters. The molecule has 4 nitrogen and oxygen atoms in total. The van der Waals surface area contributed by atoms with Crippen molar-refractivity contribution in [2.75, 3.05) is 0 Å². The number of nitro benzene ring substituents is 1. The van der Waals surface area contributed by atoms with Gasteiger partial charge in [0.05, 0.1) is 11.0 Å². The molecule has 0 aliphatic rings. The van der Waals surface area contributed by atoms with Gasteiger partial charge in [0.25, 0.3) is 5.69 Å². The van der Waals surface area contributed by atoms with E-state index in [9.17, 15) is 14.5 Å². The number of halogens is 1. The van der Waals surface area contributed by atoms with Crippen LogP contribution in [0.1, 0.15) is 11.1 Å². The average molecular weight is 184 g/mol. The summed E-state index contributed by atoms with van der Waals surface area (Å²) in [6, 6.07) is 2.30. The zero-order valence-corrected chi connectivity index (χ0v) is 7.08. The largest absolute Gasteiger partial charge is 0.326 e. The summed E-state index contributed by atoms with van der Waals surface area (Å²) in [6.07, 6.45) is 0. The van der Waals surface area contributed by atoms with Gasteiger partial charge in [0.1, 0.15) is 5.82 Å². The summed E-state index contributed by atoms with van der Waals surface area (Å²) in [7, 11) is 0. The Balaban J connectivity index is 3.28. The molecule has 0 aromatic heterocycles. The Hall–Kier alpha value is -1.49. The van der Waals surface area contributed by atoms with E-state index in [1.165, 1.54) is 6.07 Å². The predicted molar refractivity (Wildman–Crippen MR) is 45.7 cm³/mol. The summed E-state index contributed by atoms with van der Waals surface area (Å²) in [5.74, 6) is -0.625. The Morgan fingerprint density at radius 2 is 2.23 bits per heavy atom. The van der Waals surface area contributed by atoms with Gasteiger partial charge < -0.3 is 5.73 Å². The molecular formula is C8H9FN2O2. The van der Waals surface area contributed by atoms with Gasteiger partial charge in [-0.05, 0) is 13.0 Å². The van der Waals surface area contributed by atoms with Gasteiger partial charge in [-0.2, -0.15) is 0 Å². The smallest absolute Gasteiger partial charge is 0.275 e. The van der Waals surface area contributed by atoms with Crippen LogP contribution in [0.2, 0.25) is 0 Å². The highest BCUT2D eigenvalue weighted by molar-refractivity contribution is 5.42. The zero-order valence-electron chi connectivity index (χ0n) is 7.08. The van der Waals surface area contributed by atoms with Crippen molar-refractivity contribution in [3.05, 3.63) is 39.2 Å². The second kappa shape index (κ2) is 3.49. The van der Waals surface area contributed by atoms with E-state index >= 15 is 0 Å². The molecule has 13 heavy (non-hydrogen) atoms. The maximum absolute atomic E-state index is 13.0. The van der Waals surface area contributed by atoms with Crippen molar-refractivity contribution in [1.82, 2.24) is 0 Å². The zero-order chi connectivity index (χ0) is 10.0. The monoisotopic (exact) mass is 184 g/mol. The Labute approximate surface area is 74.3 Å². The maximum Gasteiger partial charge on any atom is 0.275 e. The molecule has 0 amide bonds. The molecule has 0 atom stereocenters. The van der Waals surface area contributed by atoms with Crippen LogP contribution in [0, 0.1) is 22.9 Å². The number of nitrogens with two attached hydrogens (primary N) is 1. The number of hydrogen-bond donors (Lipinski definition) is 1. The summed E-state index contributed by atoms with van der Waals surface area (Å²) in [5, 5.41) is 10.4. The van der Waals surface area contributed by atoms with Gasteiger partial charge in [-0.15, -0.1) is 0 Å². The Bertz CT molecular complexity index is 352. The molecule has 1 aromatic carbocycles. The number of hydrogen-bond acceptors (Lipinski definition) is 3. The van der Waals surface area contributed by atoms with Gasteiger partial charge >= 0.3 is 0 Å². The highest BCUT2D eigenvalue weighted by atomic mass is 19.1. The van der Waals surface area contributed by atoms with Crippen molar-refractivity contribution in [3.63, 3.8) is 0 Å². The predicted octanol–water partition coefficient (Wildman–Crippen LogP) is 1.50. The van der Waals surface area contributed by atoms with E-state index in [-0.39, 0.29) is 12.2 Å². The van der Waals surface area contributed by atoms with Crippen LogP contribution in [0.4, 0.5) is 10.1 Å². The molecule has 0 radical (unpaired) electrons. The van der Waals surface area contributed by atoms with E-state index < -0.39 is 10.7 Å². The standard InChI is InChI=1S/C8H9FN2O2/c1-5-2-6(4-10)7(9)3-8(5)11(12)13/h2-3H,4,10H2,1H3. The number of aryl methyl sites for hydroxylation is 1. The van der Waals surface area contributed by atoms with E-state index in [0.29, 0.717) is 11.1 Å². The molecule has 0 aliphatic carbocycles. The third kappa shape index (κ3) is 1.81. The fraction of sp³-hybridized carbons (Fsp3) is 0.250. The van der Waals surface area contributed by atoms with Crippen LogP contribution in [0.3, 0.4) is 0 Å². The first kappa shape index (κ1) is 9.60. The van der Waals surface area contributed by atoms with E-state index in [1.54, 1.807) is 6.92 Å². The summed E-state index contributed by atoms with van der Waals surface area (Å²) in [5.41, 5.74) is 5.74. The third-order valence-electron chi connectivity index (χ3n) is 1.78. The molecular weight excluding hydrogens is 175 g/mol. The van der Waals surface area contributed by atoms with Gasteiger partial charge in [-0.25, -0.2) is 4.39 Å². The molecule has 1 aromatic rings. The summed E-state index contributed by atoms with van der Waals surface area (Å²) in [6.45, 7) is 1.60. The first-order valence-corrected chi connectivity index (χ1v) is 3.69. The average Bonchev–Trinajstić information content (AvgIpc) is 2.07. The van der Waals surface area contributed by atoms with Crippen molar-refractivity contribution in [1.29, 1.82) is 0 Å². The van der Waals surface area contributed by atoms with Crippen LogP contribution in [0.15, 0.2) is 12.1 Å². The molecule has 0 saturated carbocycles. The van der Waals surface area contributed by atoms with Crippen LogP contribution in [0.25, 0.3) is 0 Å². The first-order valence-electron chi connectivity index (χ1n) is 3.69. The van der Waals surface area contributed by atoms with Crippen LogP contribution in [0.5, 0.6) is 0 Å². The van der Waals surface area contributed by atoms with Gasteiger partial charge in [-0.1, -0.05) is 0 Å². The summed E-state index contributed by atoms with van der Waals surface area (Å²) >= 11 is 0. The van der Waals surface area contributed by atoms with Crippen LogP contribution < -0.4 is 5.73 Å². The van der Waals surface area contributed by atoms with Crippen molar-refractivity contribution < 1.29 is 9.31 Å². The number of nitrogens with zero attached hydrogens (tertiary/aromatic N) is 1. The lowest BCUT2D eigenvalue weighted by atomic mass is 10.1. The normalized spacial score (nSPS) is 10.1. The quantitative estimate of drug-likeness (QED) is 0.559. The lowest BCUT2D eigenvalue weighted by Gasteiger charge is -2.01. The van der Waals surface area contributed by atoms with E-state index in [0.717, 1.165) is 6.07 Å². The maximum atomic E-state index is 13.0. The Morgan fingerprint density at radius 3 is 2.69 bits per heavy atom. The highest BCUT2D eigenvalue weighted by Crippen LogP contribution is 2.21. The third-order valence-corrected chi connectivity index (χ3v) is 1.78. The Morgan fingerprint density at radius 1 is 1.62 bits per heavy atom. The van der Waals surface area contributed by atoms with Crippen molar-refractivity contribution in [3.8, 4) is 0 Å². The highest BCUT2D eigenvalue weighted by Gasteiger charge is 2.14. The molecule has 5 heteroatoms. The second-order valence-electron chi connectivity index (χ2n) is 2.69. The van der Waals surface area contributed by atoms with Crippen molar-refractivity contribution in [2.24, 2.45) is 5.73 Å². The number of benzene rings is 1. The molecule has 1 rings (SSSR count). The lowest BCUT2D eigenvalue weighted by molar-refractivity contribution is -0.385. The summed E-state index contributed by atoms with van der Waals surface area (Å²) < 4.78 is 13.0. The topological polar surface area (TPSA) is 69.2 Å².